The molecule has 3 rings (SSSR count). The van der Waals surface area contributed by atoms with E-state index >= 15 is 0 Å². The van der Waals surface area contributed by atoms with Crippen molar-refractivity contribution in [2.24, 2.45) is 21.2 Å². The highest BCUT2D eigenvalue weighted by atomic mass is 19.4. The molecule has 2 aromatic rings. The molecule has 1 fully saturated rings. The lowest BCUT2D eigenvalue weighted by atomic mass is 10.2. The molecule has 166 valence electrons. The van der Waals surface area contributed by atoms with Crippen LogP contribution in [0.1, 0.15) is 18.2 Å². The maximum Gasteiger partial charge on any atom is 0.573 e. The van der Waals surface area contributed by atoms with Crippen molar-refractivity contribution in [2.45, 2.75) is 31.2 Å². The number of nitrogens with two attached hydrogens (primary N) is 1. The molecule has 3 heterocycles. The molecule has 3 unspecified atom stereocenters. The fraction of sp³-hybridized carbons (Fsp3) is 0.438. The first kappa shape index (κ1) is 22.2. The van der Waals surface area contributed by atoms with Gasteiger partial charge in [0.25, 0.3) is 11.5 Å². The quantitative estimate of drug-likeness (QED) is 0.128. The second kappa shape index (κ2) is 9.12. The Morgan fingerprint density at radius 3 is 2.94 bits per heavy atom. The maximum atomic E-state index is 12.5. The number of aliphatic hydroxyl groups excluding tert-OH is 2. The van der Waals surface area contributed by atoms with Crippen molar-refractivity contribution >= 4 is 23.4 Å². The van der Waals surface area contributed by atoms with E-state index < -0.39 is 37.0 Å². The lowest BCUT2D eigenvalue weighted by Gasteiger charge is -2.14. The van der Waals surface area contributed by atoms with Crippen LogP contribution in [0, 0.1) is 11.8 Å². The second-order valence-electron chi connectivity index (χ2n) is 6.18. The predicted octanol–water partition coefficient (Wildman–Crippen LogP) is 0.239. The summed E-state index contributed by atoms with van der Waals surface area (Å²) < 4.78 is 46.1. The van der Waals surface area contributed by atoms with Crippen LogP contribution in [0.3, 0.4) is 0 Å². The molecule has 0 saturated carbocycles. The molecule has 1 saturated heterocycles. The number of halogens is 3. The Balaban J connectivity index is 1.97. The molecule has 1 aliphatic heterocycles. The topological polar surface area (TPSA) is 173 Å². The maximum absolute atomic E-state index is 12.5. The first-order valence-corrected chi connectivity index (χ1v) is 8.65. The van der Waals surface area contributed by atoms with Crippen LogP contribution in [0.2, 0.25) is 0 Å². The van der Waals surface area contributed by atoms with Gasteiger partial charge in [0, 0.05) is 12.6 Å². The second-order valence-corrected chi connectivity index (χ2v) is 6.18. The first-order chi connectivity index (χ1) is 14.7. The Morgan fingerprint density at radius 1 is 1.52 bits per heavy atom. The number of aliphatic imine (C=N–C) groups is 1. The van der Waals surface area contributed by atoms with Crippen molar-refractivity contribution in [2.75, 3.05) is 13.2 Å². The van der Waals surface area contributed by atoms with Crippen LogP contribution in [0.4, 0.5) is 19.1 Å². The van der Waals surface area contributed by atoms with Gasteiger partial charge in [0.15, 0.2) is 12.0 Å². The molecule has 0 amide bonds. The Morgan fingerprint density at radius 2 is 2.29 bits per heavy atom. The zero-order chi connectivity index (χ0) is 22.6. The number of aromatic amines is 1. The number of H-pyrrole nitrogens is 1. The molecule has 31 heavy (non-hydrogen) atoms. The minimum absolute atomic E-state index is 0.0459. The third-order valence-corrected chi connectivity index (χ3v) is 4.17. The Labute approximate surface area is 171 Å². The molecular formula is C16H16F3N7O5. The minimum atomic E-state index is -4.85. The van der Waals surface area contributed by atoms with Crippen LogP contribution < -0.4 is 11.4 Å². The summed E-state index contributed by atoms with van der Waals surface area (Å²) in [4.78, 5) is 22.4. The number of aliphatic hydroxyl groups is 2. The van der Waals surface area contributed by atoms with Crippen LogP contribution in [-0.2, 0) is 9.47 Å². The zero-order valence-corrected chi connectivity index (χ0v) is 15.6. The predicted molar refractivity (Wildman–Crippen MR) is 98.1 cm³/mol. The van der Waals surface area contributed by atoms with Crippen molar-refractivity contribution in [1.29, 1.82) is 0 Å². The van der Waals surface area contributed by atoms with Gasteiger partial charge in [-0.25, -0.2) is 4.99 Å². The number of alkyl halides is 3. The van der Waals surface area contributed by atoms with Gasteiger partial charge in [-0.15, -0.1) is 13.2 Å². The van der Waals surface area contributed by atoms with Crippen LogP contribution in [0.15, 0.2) is 26.3 Å². The lowest BCUT2D eigenvalue weighted by molar-refractivity contribution is -0.280. The normalized spacial score (nSPS) is 21.8. The largest absolute Gasteiger partial charge is 0.573 e. The molecule has 12 nitrogen and oxygen atoms in total. The fourth-order valence-electron chi connectivity index (χ4n) is 2.93. The summed E-state index contributed by atoms with van der Waals surface area (Å²) in [5.41, 5.74) is -0.357. The molecule has 3 atom stereocenters. The number of rotatable bonds is 5. The van der Waals surface area contributed by atoms with Gasteiger partial charge in [-0.2, -0.15) is 4.98 Å². The highest BCUT2D eigenvalue weighted by Crippen LogP contribution is 2.32. The van der Waals surface area contributed by atoms with Gasteiger partial charge in [-0.3, -0.25) is 9.78 Å². The Bertz CT molecular complexity index is 1110. The van der Waals surface area contributed by atoms with Gasteiger partial charge in [0.2, 0.25) is 0 Å². The molecule has 5 N–H and O–H groups in total. The summed E-state index contributed by atoms with van der Waals surface area (Å²) in [6, 6.07) is 0. The van der Waals surface area contributed by atoms with E-state index in [0.29, 0.717) is 0 Å². The number of hydrogen-bond acceptors (Lipinski definition) is 9. The smallest absolute Gasteiger partial charge is 0.395 e. The van der Waals surface area contributed by atoms with Crippen molar-refractivity contribution in [3.8, 4) is 11.8 Å². The van der Waals surface area contributed by atoms with Gasteiger partial charge in [-0.05, 0) is 0 Å². The van der Waals surface area contributed by atoms with E-state index in [9.17, 15) is 28.2 Å². The number of hydrogen-bond donors (Lipinski definition) is 4. The molecule has 0 spiro atoms. The van der Waals surface area contributed by atoms with E-state index in [1.807, 2.05) is 0 Å². The lowest BCUT2D eigenvalue weighted by Crippen LogP contribution is -2.24. The Kier molecular flexibility index (Phi) is 6.53. The van der Waals surface area contributed by atoms with Crippen molar-refractivity contribution < 1.29 is 32.9 Å². The van der Waals surface area contributed by atoms with E-state index in [2.05, 4.69) is 41.9 Å². The summed E-state index contributed by atoms with van der Waals surface area (Å²) in [6.07, 6.45) is -5.65. The number of nitrogens with zero attached hydrogens (tertiary/aromatic N) is 5. The third kappa shape index (κ3) is 5.17. The summed E-state index contributed by atoms with van der Waals surface area (Å²) in [6.45, 7) is -0.749. The monoisotopic (exact) mass is 443 g/mol. The third-order valence-electron chi connectivity index (χ3n) is 4.17. The number of ether oxygens (including phenoxy) is 2. The van der Waals surface area contributed by atoms with Gasteiger partial charge >= 0.3 is 6.36 Å². The summed E-state index contributed by atoms with van der Waals surface area (Å²) in [7, 11) is 0. The summed E-state index contributed by atoms with van der Waals surface area (Å²) in [5, 5.41) is 25.9. The zero-order valence-electron chi connectivity index (χ0n) is 15.6. The van der Waals surface area contributed by atoms with E-state index in [0.717, 1.165) is 0 Å². The highest BCUT2D eigenvalue weighted by Gasteiger charge is 2.35. The van der Waals surface area contributed by atoms with Gasteiger partial charge in [-0.1, -0.05) is 22.2 Å². The van der Waals surface area contributed by atoms with Gasteiger partial charge in [0.1, 0.15) is 18.9 Å². The molecule has 0 bridgehead atoms. The molecule has 1 aliphatic rings. The van der Waals surface area contributed by atoms with Crippen LogP contribution in [0.25, 0.3) is 11.0 Å². The fourth-order valence-corrected chi connectivity index (χ4v) is 2.93. The summed E-state index contributed by atoms with van der Waals surface area (Å²) >= 11 is 0. The minimum Gasteiger partial charge on any atom is -0.395 e. The van der Waals surface area contributed by atoms with Crippen molar-refractivity contribution in [3.05, 3.63) is 22.1 Å². The average Bonchev–Trinajstić information content (AvgIpc) is 3.24. The first-order valence-electron chi connectivity index (χ1n) is 8.65. The van der Waals surface area contributed by atoms with Crippen LogP contribution in [-0.4, -0.2) is 62.9 Å². The van der Waals surface area contributed by atoms with E-state index in [-0.39, 0.29) is 41.9 Å². The number of fused-ring (bicyclic) bond motifs is 1. The highest BCUT2D eigenvalue weighted by molar-refractivity contribution is 5.83. The Hall–Kier alpha value is -3.48. The van der Waals surface area contributed by atoms with Crippen LogP contribution >= 0.6 is 0 Å². The molecule has 0 radical (unpaired) electrons. The van der Waals surface area contributed by atoms with E-state index in [1.165, 1.54) is 10.8 Å². The molecule has 2 aromatic heterocycles. The number of nitrogens with one attached hydrogen (secondary N) is 1. The molecular weight excluding hydrogens is 427 g/mol. The number of aromatic nitrogens is 3. The standard InChI is InChI=1S/C16H16F3N7O5/c17-16(18,19)30-7-21-3-1-2-8-5-26(11-4-9(28)10(6-27)31-11)13-12(8)14(29)23-15(22-13)24-25-20/h5,7,9-11,27-28H,3-4,6H2,(H3,20,22,23,24,29). The van der Waals surface area contributed by atoms with Crippen molar-refractivity contribution in [3.63, 3.8) is 0 Å². The van der Waals surface area contributed by atoms with Gasteiger partial charge in [0.05, 0.1) is 23.7 Å². The van der Waals surface area contributed by atoms with Crippen LogP contribution in [0.5, 0.6) is 0 Å². The van der Waals surface area contributed by atoms with Gasteiger partial charge < -0.3 is 30.1 Å². The molecule has 15 heteroatoms. The molecule has 0 aromatic carbocycles. The average molecular weight is 443 g/mol. The SMILES string of the molecule is NN=Nc1nc2c(c(C#CCN=COC(F)(F)F)cn2C2CC(O)C(CO)O2)c(=O)[nH]1. The summed E-state index contributed by atoms with van der Waals surface area (Å²) in [5.74, 6) is 9.93. The van der Waals surface area contributed by atoms with E-state index in [1.54, 1.807) is 0 Å². The molecule has 0 aliphatic carbocycles. The van der Waals surface area contributed by atoms with E-state index in [4.69, 9.17) is 10.6 Å². The van der Waals surface area contributed by atoms with Crippen molar-refractivity contribution in [1.82, 2.24) is 14.5 Å².